The molecular formula is C25H31N3O6S. The van der Waals surface area contributed by atoms with Crippen LogP contribution in [0, 0.1) is 6.92 Å². The van der Waals surface area contributed by atoms with Gasteiger partial charge in [-0.05, 0) is 69.2 Å². The molecule has 35 heavy (non-hydrogen) atoms. The molecule has 0 radical (unpaired) electrons. The van der Waals surface area contributed by atoms with Gasteiger partial charge in [0.1, 0.15) is 22.0 Å². The molecule has 0 aromatic heterocycles. The number of hydrogen-bond donors (Lipinski definition) is 1. The Labute approximate surface area is 206 Å². The smallest absolute Gasteiger partial charge is 0.410 e. The lowest BCUT2D eigenvalue weighted by molar-refractivity contribution is 0.0192. The Morgan fingerprint density at radius 2 is 1.71 bits per heavy atom. The summed E-state index contributed by atoms with van der Waals surface area (Å²) in [5.74, 6) is -0.268. The van der Waals surface area contributed by atoms with E-state index in [1.807, 2.05) is 13.0 Å². The van der Waals surface area contributed by atoms with Crippen molar-refractivity contribution in [1.82, 2.24) is 9.21 Å². The van der Waals surface area contributed by atoms with Gasteiger partial charge in [-0.2, -0.15) is 4.31 Å². The summed E-state index contributed by atoms with van der Waals surface area (Å²) >= 11 is 0. The second kappa shape index (κ2) is 10.1. The van der Waals surface area contributed by atoms with Gasteiger partial charge in [0.05, 0.1) is 0 Å². The highest BCUT2D eigenvalue weighted by atomic mass is 32.2. The van der Waals surface area contributed by atoms with Crippen molar-refractivity contribution in [3.63, 3.8) is 0 Å². The molecule has 0 atom stereocenters. The van der Waals surface area contributed by atoms with Gasteiger partial charge < -0.3 is 20.1 Å². The molecular weight excluding hydrogens is 470 g/mol. The standard InChI is InChI=1S/C25H31N3O6S/c1-6-18-13-17(2)14-20(15-18)33-21-8-7-19(23(26)29)16-22(21)35(31,32)28-11-9-27(10-12-28)24(30)34-25(3,4)5/h6-8,13-16H,1,9-12H2,2-5H3,(H2,26,29). The first-order valence-electron chi connectivity index (χ1n) is 11.1. The Hall–Kier alpha value is -3.37. The highest BCUT2D eigenvalue weighted by Crippen LogP contribution is 2.33. The van der Waals surface area contributed by atoms with E-state index in [1.54, 1.807) is 39.0 Å². The molecule has 2 N–H and O–H groups in total. The van der Waals surface area contributed by atoms with Crippen LogP contribution in [0.5, 0.6) is 11.5 Å². The largest absolute Gasteiger partial charge is 0.456 e. The van der Waals surface area contributed by atoms with Gasteiger partial charge in [0.25, 0.3) is 0 Å². The molecule has 0 saturated carbocycles. The van der Waals surface area contributed by atoms with Crippen LogP contribution >= 0.6 is 0 Å². The van der Waals surface area contributed by atoms with Crippen molar-refractivity contribution < 1.29 is 27.5 Å². The number of amides is 2. The predicted octanol–water partition coefficient (Wildman–Crippen LogP) is 3.77. The third-order valence-corrected chi connectivity index (χ3v) is 7.19. The molecule has 2 amide bonds. The van der Waals surface area contributed by atoms with Gasteiger partial charge in [0.2, 0.25) is 15.9 Å². The van der Waals surface area contributed by atoms with E-state index in [9.17, 15) is 18.0 Å². The van der Waals surface area contributed by atoms with Gasteiger partial charge in [-0.15, -0.1) is 0 Å². The molecule has 1 aliphatic heterocycles. The van der Waals surface area contributed by atoms with Gasteiger partial charge in [0, 0.05) is 31.7 Å². The summed E-state index contributed by atoms with van der Waals surface area (Å²) in [6.45, 7) is 11.4. The van der Waals surface area contributed by atoms with Crippen molar-refractivity contribution in [3.05, 3.63) is 59.7 Å². The van der Waals surface area contributed by atoms with Gasteiger partial charge in [-0.3, -0.25) is 4.79 Å². The monoisotopic (exact) mass is 501 g/mol. The van der Waals surface area contributed by atoms with E-state index in [-0.39, 0.29) is 42.4 Å². The Morgan fingerprint density at radius 1 is 1.06 bits per heavy atom. The third kappa shape index (κ3) is 6.40. The normalized spacial score (nSPS) is 14.9. The summed E-state index contributed by atoms with van der Waals surface area (Å²) in [4.78, 5) is 25.4. The Bertz CT molecular complexity index is 1240. The Morgan fingerprint density at radius 3 is 2.29 bits per heavy atom. The summed E-state index contributed by atoms with van der Waals surface area (Å²) in [6.07, 6.45) is 1.17. The van der Waals surface area contributed by atoms with Crippen LogP contribution in [0.25, 0.3) is 6.08 Å². The van der Waals surface area contributed by atoms with E-state index in [4.69, 9.17) is 15.2 Å². The number of carbonyl (C=O) groups is 2. The maximum Gasteiger partial charge on any atom is 0.410 e. The first-order valence-corrected chi connectivity index (χ1v) is 12.6. The quantitative estimate of drug-likeness (QED) is 0.644. The van der Waals surface area contributed by atoms with Crippen LogP contribution in [-0.4, -0.2) is 61.4 Å². The fourth-order valence-electron chi connectivity index (χ4n) is 3.60. The van der Waals surface area contributed by atoms with E-state index in [1.165, 1.54) is 27.4 Å². The third-order valence-electron chi connectivity index (χ3n) is 5.27. The highest BCUT2D eigenvalue weighted by molar-refractivity contribution is 7.89. The maximum atomic E-state index is 13.6. The SMILES string of the molecule is C=Cc1cc(C)cc(Oc2ccc(C(N)=O)cc2S(=O)(=O)N2CCN(C(=O)OC(C)(C)C)CC2)c1. The molecule has 2 aromatic rings. The molecule has 1 fully saturated rings. The van der Waals surface area contributed by atoms with E-state index in [0.717, 1.165) is 11.1 Å². The fourth-order valence-corrected chi connectivity index (χ4v) is 5.17. The van der Waals surface area contributed by atoms with E-state index < -0.39 is 27.6 Å². The Kier molecular flexibility index (Phi) is 7.56. The summed E-state index contributed by atoms with van der Waals surface area (Å²) in [5, 5.41) is 0. The zero-order chi connectivity index (χ0) is 26.0. The van der Waals surface area contributed by atoms with Crippen LogP contribution in [0.2, 0.25) is 0 Å². The predicted molar refractivity (Wildman–Crippen MR) is 133 cm³/mol. The summed E-state index contributed by atoms with van der Waals surface area (Å²) in [7, 11) is -4.08. The molecule has 3 rings (SSSR count). The summed E-state index contributed by atoms with van der Waals surface area (Å²) in [5.41, 5.74) is 6.53. The lowest BCUT2D eigenvalue weighted by atomic mass is 10.1. The van der Waals surface area contributed by atoms with Crippen molar-refractivity contribution >= 4 is 28.1 Å². The number of aryl methyl sites for hydroxylation is 1. The molecule has 0 unspecified atom stereocenters. The molecule has 10 heteroatoms. The average Bonchev–Trinajstić information content (AvgIpc) is 2.77. The number of carbonyl (C=O) groups excluding carboxylic acids is 2. The molecule has 1 heterocycles. The van der Waals surface area contributed by atoms with Gasteiger partial charge in [-0.25, -0.2) is 13.2 Å². The number of hydrogen-bond acceptors (Lipinski definition) is 6. The van der Waals surface area contributed by atoms with Crippen molar-refractivity contribution in [3.8, 4) is 11.5 Å². The number of nitrogens with two attached hydrogens (primary N) is 1. The summed E-state index contributed by atoms with van der Waals surface area (Å²) < 4.78 is 39.8. The minimum absolute atomic E-state index is 0.0411. The zero-order valence-electron chi connectivity index (χ0n) is 20.4. The number of ether oxygens (including phenoxy) is 2. The average molecular weight is 502 g/mol. The second-order valence-electron chi connectivity index (χ2n) is 9.28. The number of rotatable bonds is 6. The molecule has 2 aromatic carbocycles. The Balaban J connectivity index is 1.90. The van der Waals surface area contributed by atoms with Crippen LogP contribution < -0.4 is 10.5 Å². The highest BCUT2D eigenvalue weighted by Gasteiger charge is 2.34. The minimum atomic E-state index is -4.08. The molecule has 0 bridgehead atoms. The molecule has 0 aliphatic carbocycles. The number of piperazine rings is 1. The summed E-state index contributed by atoms with van der Waals surface area (Å²) in [6, 6.07) is 9.47. The zero-order valence-corrected chi connectivity index (χ0v) is 21.2. The van der Waals surface area contributed by atoms with Crippen LogP contribution in [-0.2, 0) is 14.8 Å². The minimum Gasteiger partial charge on any atom is -0.456 e. The topological polar surface area (TPSA) is 119 Å². The maximum absolute atomic E-state index is 13.6. The molecule has 9 nitrogen and oxygen atoms in total. The number of primary amides is 1. The van der Waals surface area contributed by atoms with Gasteiger partial charge >= 0.3 is 6.09 Å². The van der Waals surface area contributed by atoms with Crippen molar-refractivity contribution in [2.45, 2.75) is 38.2 Å². The second-order valence-corrected chi connectivity index (χ2v) is 11.2. The number of benzene rings is 2. The fraction of sp³-hybridized carbons (Fsp3) is 0.360. The first-order chi connectivity index (χ1) is 16.3. The van der Waals surface area contributed by atoms with Gasteiger partial charge in [0.15, 0.2) is 0 Å². The molecule has 188 valence electrons. The van der Waals surface area contributed by atoms with Crippen molar-refractivity contribution in [2.75, 3.05) is 26.2 Å². The van der Waals surface area contributed by atoms with Crippen molar-refractivity contribution in [2.24, 2.45) is 5.73 Å². The van der Waals surface area contributed by atoms with Crippen molar-refractivity contribution in [1.29, 1.82) is 0 Å². The van der Waals surface area contributed by atoms with E-state index in [0.29, 0.717) is 5.75 Å². The van der Waals surface area contributed by atoms with Crippen LogP contribution in [0.15, 0.2) is 47.9 Å². The lowest BCUT2D eigenvalue weighted by Gasteiger charge is -2.35. The lowest BCUT2D eigenvalue weighted by Crippen LogP contribution is -2.51. The number of nitrogens with zero attached hydrogens (tertiary/aromatic N) is 2. The van der Waals surface area contributed by atoms with E-state index in [2.05, 4.69) is 6.58 Å². The molecule has 0 spiro atoms. The molecule has 1 aliphatic rings. The number of sulfonamides is 1. The van der Waals surface area contributed by atoms with Crippen LogP contribution in [0.4, 0.5) is 4.79 Å². The van der Waals surface area contributed by atoms with E-state index >= 15 is 0 Å². The first kappa shape index (κ1) is 26.2. The van der Waals surface area contributed by atoms with Crippen LogP contribution in [0.3, 0.4) is 0 Å². The van der Waals surface area contributed by atoms with Gasteiger partial charge in [-0.1, -0.05) is 18.7 Å². The van der Waals surface area contributed by atoms with Crippen LogP contribution in [0.1, 0.15) is 42.3 Å². The molecule has 1 saturated heterocycles.